The molecule has 1 unspecified atom stereocenters. The number of esters is 1. The minimum Gasteiger partial charge on any atom is -0.481 e. The van der Waals surface area contributed by atoms with Crippen LogP contribution in [0.2, 0.25) is 5.02 Å². The number of hydrogen-bond acceptors (Lipinski definition) is 9. The molecule has 0 spiro atoms. The van der Waals surface area contributed by atoms with Crippen molar-refractivity contribution in [2.75, 3.05) is 6.54 Å². The number of halogens is 1. The third kappa shape index (κ3) is 5.60. The third-order valence-electron chi connectivity index (χ3n) is 17.7. The van der Waals surface area contributed by atoms with Crippen molar-refractivity contribution in [1.29, 1.82) is 0 Å². The molecule has 0 aromatic carbocycles. The number of hydrogen-bond donors (Lipinski definition) is 2. The molecule has 0 radical (unpaired) electrons. The van der Waals surface area contributed by atoms with E-state index in [1.165, 1.54) is 5.57 Å². The van der Waals surface area contributed by atoms with Crippen molar-refractivity contribution in [3.05, 3.63) is 34.4 Å². The number of carboxylic acid groups (broad SMARTS) is 1. The number of carbonyl (C=O) groups is 3. The van der Waals surface area contributed by atoms with Gasteiger partial charge in [0.25, 0.3) is 0 Å². The first kappa shape index (κ1) is 40.4. The third-order valence-corrected chi connectivity index (χ3v) is 17.9. The molecule has 10 atom stereocenters. The van der Waals surface area contributed by atoms with Gasteiger partial charge in [-0.05, 0) is 124 Å². The summed E-state index contributed by atoms with van der Waals surface area (Å²) in [5, 5.41) is 21.7. The van der Waals surface area contributed by atoms with E-state index in [9.17, 15) is 24.6 Å². The first-order valence-corrected chi connectivity index (χ1v) is 21.7. The lowest BCUT2D eigenvalue weighted by molar-refractivity contribution is -0.237. The molecule has 2 heterocycles. The lowest BCUT2D eigenvalue weighted by Gasteiger charge is -2.72. The number of aliphatic hydroxyl groups is 1. The Morgan fingerprint density at radius 1 is 0.964 bits per heavy atom. The van der Waals surface area contributed by atoms with Crippen molar-refractivity contribution < 1.29 is 34.1 Å². The van der Waals surface area contributed by atoms with E-state index in [-0.39, 0.29) is 57.9 Å². The summed E-state index contributed by atoms with van der Waals surface area (Å²) in [6.07, 6.45) is 11.3. The normalized spacial score (nSPS) is 41.5. The maximum Gasteiger partial charge on any atom is 0.309 e. The molecule has 1 saturated heterocycles. The maximum absolute atomic E-state index is 14.4. The van der Waals surface area contributed by atoms with Gasteiger partial charge in [0, 0.05) is 36.2 Å². The van der Waals surface area contributed by atoms with E-state index in [0.29, 0.717) is 35.6 Å². The molecule has 56 heavy (non-hydrogen) atoms. The smallest absolute Gasteiger partial charge is 0.309 e. The Morgan fingerprint density at radius 2 is 1.64 bits per heavy atom. The summed E-state index contributed by atoms with van der Waals surface area (Å²) in [6, 6.07) is 0. The van der Waals surface area contributed by atoms with Crippen LogP contribution in [0.15, 0.2) is 23.5 Å². The molecule has 2 N–H and O–H groups in total. The molecule has 8 rings (SSSR count). The van der Waals surface area contributed by atoms with Gasteiger partial charge in [-0.1, -0.05) is 65.6 Å². The Balaban J connectivity index is 1.08. The number of ketones is 1. The Morgan fingerprint density at radius 3 is 2.27 bits per heavy atom. The molecule has 10 nitrogen and oxygen atoms in total. The van der Waals surface area contributed by atoms with Crippen LogP contribution in [0.25, 0.3) is 0 Å². The average Bonchev–Trinajstić information content (AvgIpc) is 3.71. The van der Waals surface area contributed by atoms with E-state index in [1.54, 1.807) is 26.2 Å². The molecule has 308 valence electrons. The highest BCUT2D eigenvalue weighted by Crippen LogP contribution is 2.77. The number of aromatic nitrogens is 2. The van der Waals surface area contributed by atoms with Gasteiger partial charge in [0.05, 0.1) is 28.5 Å². The van der Waals surface area contributed by atoms with Gasteiger partial charge in [-0.2, -0.15) is 0 Å². The number of aliphatic hydroxyl groups excluding tert-OH is 1. The number of aliphatic carboxylic acids is 1. The molecule has 1 aromatic rings. The molecule has 6 fully saturated rings. The van der Waals surface area contributed by atoms with Crippen molar-refractivity contribution in [3.8, 4) is 0 Å². The average molecular weight is 794 g/mol. The highest BCUT2D eigenvalue weighted by Gasteiger charge is 2.72. The second kappa shape index (κ2) is 13.0. The van der Waals surface area contributed by atoms with E-state index < -0.39 is 34.7 Å². The zero-order valence-corrected chi connectivity index (χ0v) is 35.8. The van der Waals surface area contributed by atoms with E-state index >= 15 is 0 Å². The van der Waals surface area contributed by atoms with E-state index in [2.05, 4.69) is 58.4 Å². The molecule has 0 amide bonds. The second-order valence-electron chi connectivity index (χ2n) is 21.4. The first-order valence-electron chi connectivity index (χ1n) is 21.4. The van der Waals surface area contributed by atoms with Crippen LogP contribution in [-0.2, 0) is 29.4 Å². The molecule has 5 saturated carbocycles. The number of rotatable bonds is 8. The standard InChI is InChI=1S/C45H64ClN3O7/c1-25(2)34-28(50)20-44(32-24-49(38(54)56-32)45(18-19-45)36-47-22-26(46)23-48-36)17-16-42(8)27(35(34)44)10-11-30-41(7)14-13-31(55-33(51)21-39(3,4)37(52)53)40(5,6)29(41)12-15-43(30,42)9/h22-23,25,27,29-32,38,54H,10-21,24H2,1-9H3,(H,52,53)/t27-,29+,30-,31+,32-,38?,41+,42-,43-,44+/m1/s1. The van der Waals surface area contributed by atoms with Crippen molar-refractivity contribution in [2.24, 2.45) is 56.2 Å². The van der Waals surface area contributed by atoms with Crippen LogP contribution in [-0.4, -0.2) is 68.0 Å². The fourth-order valence-electron chi connectivity index (χ4n) is 14.4. The highest BCUT2D eigenvalue weighted by molar-refractivity contribution is 6.30. The predicted molar refractivity (Wildman–Crippen MR) is 211 cm³/mol. The van der Waals surface area contributed by atoms with Gasteiger partial charge in [0.1, 0.15) is 11.9 Å². The first-order chi connectivity index (χ1) is 26.1. The summed E-state index contributed by atoms with van der Waals surface area (Å²) in [5.41, 5.74) is 0.00552. The summed E-state index contributed by atoms with van der Waals surface area (Å²) in [4.78, 5) is 50.5. The van der Waals surface area contributed by atoms with Crippen molar-refractivity contribution >= 4 is 29.3 Å². The number of nitrogens with zero attached hydrogens (tertiary/aromatic N) is 3. The van der Waals surface area contributed by atoms with Gasteiger partial charge in [-0.15, -0.1) is 0 Å². The van der Waals surface area contributed by atoms with Gasteiger partial charge >= 0.3 is 11.9 Å². The van der Waals surface area contributed by atoms with Gasteiger partial charge < -0.3 is 19.7 Å². The predicted octanol–water partition coefficient (Wildman–Crippen LogP) is 8.49. The molecule has 7 aliphatic rings. The zero-order valence-electron chi connectivity index (χ0n) is 35.0. The van der Waals surface area contributed by atoms with Crippen LogP contribution in [0.3, 0.4) is 0 Å². The summed E-state index contributed by atoms with van der Waals surface area (Å²) >= 11 is 6.15. The second-order valence-corrected chi connectivity index (χ2v) is 21.9. The number of ether oxygens (including phenoxy) is 2. The summed E-state index contributed by atoms with van der Waals surface area (Å²) in [5.74, 6) is 0.658. The Hall–Kier alpha value is -2.40. The van der Waals surface area contributed by atoms with Crippen LogP contribution in [0.1, 0.15) is 145 Å². The molecule has 0 bridgehead atoms. The fourth-order valence-corrected chi connectivity index (χ4v) is 14.5. The summed E-state index contributed by atoms with van der Waals surface area (Å²) < 4.78 is 12.8. The van der Waals surface area contributed by atoms with Crippen molar-refractivity contribution in [1.82, 2.24) is 14.9 Å². The summed E-state index contributed by atoms with van der Waals surface area (Å²) in [7, 11) is 0. The van der Waals surface area contributed by atoms with Crippen LogP contribution in [0, 0.1) is 56.2 Å². The number of allylic oxidation sites excluding steroid dienone is 1. The van der Waals surface area contributed by atoms with Gasteiger partial charge in [0.15, 0.2) is 5.78 Å². The number of fused-ring (bicyclic) bond motifs is 7. The van der Waals surface area contributed by atoms with Crippen LogP contribution < -0.4 is 0 Å². The van der Waals surface area contributed by atoms with Crippen molar-refractivity contribution in [2.45, 2.75) is 164 Å². The molecular weight excluding hydrogens is 730 g/mol. The Kier molecular flexibility index (Phi) is 9.41. The molecule has 6 aliphatic carbocycles. The molecular formula is C45H64ClN3O7. The fraction of sp³-hybridized carbons (Fsp3) is 0.800. The van der Waals surface area contributed by atoms with E-state index in [4.69, 9.17) is 21.1 Å². The Bertz CT molecular complexity index is 1840. The highest BCUT2D eigenvalue weighted by atomic mass is 35.5. The van der Waals surface area contributed by atoms with E-state index in [0.717, 1.165) is 69.8 Å². The van der Waals surface area contributed by atoms with Crippen molar-refractivity contribution in [3.63, 3.8) is 0 Å². The van der Waals surface area contributed by atoms with E-state index in [1.807, 2.05) is 4.90 Å². The van der Waals surface area contributed by atoms with Crippen LogP contribution in [0.5, 0.6) is 0 Å². The zero-order chi connectivity index (χ0) is 40.6. The maximum atomic E-state index is 14.4. The Labute approximate surface area is 337 Å². The number of carbonyl (C=O) groups excluding carboxylic acids is 2. The lowest BCUT2D eigenvalue weighted by atomic mass is 9.33. The molecule has 1 aliphatic heterocycles. The largest absolute Gasteiger partial charge is 0.481 e. The SMILES string of the molecule is CC(C)C1=C2[C@H]3CC[C@@H]4[C@@]5(C)CC[C@H](OC(=O)CC(C)(C)C(=O)O)C(C)(C)[C@@H]5CC[C@@]4(C)[C@]3(C)CC[C@@]2([C@H]2CN(C3(c4ncc(Cl)cn4)CC3)C(O)O2)CC1=O. The van der Waals surface area contributed by atoms with Crippen LogP contribution >= 0.6 is 11.6 Å². The monoisotopic (exact) mass is 793 g/mol. The minimum absolute atomic E-state index is 0.0326. The van der Waals surface area contributed by atoms with Gasteiger partial charge in [0.2, 0.25) is 6.41 Å². The topological polar surface area (TPSA) is 139 Å². The van der Waals surface area contributed by atoms with Gasteiger partial charge in [-0.3, -0.25) is 14.4 Å². The van der Waals surface area contributed by atoms with Gasteiger partial charge in [-0.25, -0.2) is 14.9 Å². The quantitative estimate of drug-likeness (QED) is 0.247. The minimum atomic E-state index is -1.17. The molecule has 1 aromatic heterocycles. The number of Topliss-reactive ketones (excluding diaryl/α,β-unsaturated/α-hetero) is 1. The number of carboxylic acids is 1. The molecule has 11 heteroatoms. The summed E-state index contributed by atoms with van der Waals surface area (Å²) in [6.45, 7) is 20.2. The lowest BCUT2D eigenvalue weighted by Crippen LogP contribution is -2.66. The van der Waals surface area contributed by atoms with Crippen LogP contribution in [0.4, 0.5) is 0 Å².